The zero-order valence-electron chi connectivity index (χ0n) is 13.1. The summed E-state index contributed by atoms with van der Waals surface area (Å²) < 4.78 is 7.15. The van der Waals surface area contributed by atoms with Crippen LogP contribution in [0.2, 0.25) is 0 Å². The van der Waals surface area contributed by atoms with E-state index in [0.29, 0.717) is 5.13 Å². The van der Waals surface area contributed by atoms with Gasteiger partial charge < -0.3 is 4.74 Å². The van der Waals surface area contributed by atoms with Crippen LogP contribution in [-0.4, -0.2) is 24.2 Å². The maximum absolute atomic E-state index is 12.0. The van der Waals surface area contributed by atoms with E-state index in [4.69, 9.17) is 4.74 Å². The first-order chi connectivity index (χ1) is 11.6. The molecule has 3 rings (SSSR count). The minimum atomic E-state index is -0.200. The summed E-state index contributed by atoms with van der Waals surface area (Å²) in [6.07, 6.45) is 1.64. The molecular formula is C17H14BrN3O2S. The van der Waals surface area contributed by atoms with E-state index in [1.807, 2.05) is 42.5 Å². The Bertz CT molecular complexity index is 906. The third-order valence-electron chi connectivity index (χ3n) is 3.26. The molecule has 24 heavy (non-hydrogen) atoms. The summed E-state index contributed by atoms with van der Waals surface area (Å²) in [5, 5.41) is 6.12. The lowest BCUT2D eigenvalue weighted by Crippen LogP contribution is -2.22. The van der Waals surface area contributed by atoms with Gasteiger partial charge in [0.25, 0.3) is 0 Å². The van der Waals surface area contributed by atoms with Crippen LogP contribution in [-0.2, 0) is 4.79 Å². The van der Waals surface area contributed by atoms with Crippen LogP contribution in [0.1, 0.15) is 12.5 Å². The molecule has 1 amide bonds. The van der Waals surface area contributed by atoms with Crippen molar-refractivity contribution in [2.45, 2.75) is 6.92 Å². The first-order valence-electron chi connectivity index (χ1n) is 7.11. The number of aromatic nitrogens is 1. The predicted molar refractivity (Wildman–Crippen MR) is 101 cm³/mol. The van der Waals surface area contributed by atoms with Crippen LogP contribution in [0.4, 0.5) is 5.13 Å². The third kappa shape index (κ3) is 3.63. The van der Waals surface area contributed by atoms with Crippen LogP contribution in [0.25, 0.3) is 10.2 Å². The number of ether oxygens (including phenoxy) is 1. The molecule has 0 aliphatic carbocycles. The van der Waals surface area contributed by atoms with Crippen LogP contribution in [0, 0.1) is 0 Å². The smallest absolute Gasteiger partial charge is 0.246 e. The van der Waals surface area contributed by atoms with Gasteiger partial charge in [0, 0.05) is 11.4 Å². The number of nitrogens with zero attached hydrogens (tertiary/aromatic N) is 3. The molecule has 0 N–H and O–H groups in total. The minimum absolute atomic E-state index is 0.200. The van der Waals surface area contributed by atoms with Crippen molar-refractivity contribution < 1.29 is 9.53 Å². The molecule has 0 saturated heterocycles. The van der Waals surface area contributed by atoms with Gasteiger partial charge in [0.1, 0.15) is 5.75 Å². The number of hydrogen-bond donors (Lipinski definition) is 0. The van der Waals surface area contributed by atoms with Crippen molar-refractivity contribution in [2.24, 2.45) is 5.10 Å². The van der Waals surface area contributed by atoms with Gasteiger partial charge in [0.15, 0.2) is 0 Å². The topological polar surface area (TPSA) is 54.8 Å². The number of benzene rings is 2. The first kappa shape index (κ1) is 16.6. The minimum Gasteiger partial charge on any atom is -0.497 e. The molecule has 0 aliphatic heterocycles. The highest BCUT2D eigenvalue weighted by molar-refractivity contribution is 9.10. The van der Waals surface area contributed by atoms with Gasteiger partial charge in [-0.3, -0.25) is 4.79 Å². The number of fused-ring (bicyclic) bond motifs is 1. The Kier molecular flexibility index (Phi) is 4.92. The highest BCUT2D eigenvalue weighted by Gasteiger charge is 2.15. The highest BCUT2D eigenvalue weighted by atomic mass is 79.9. The van der Waals surface area contributed by atoms with Crippen molar-refractivity contribution in [1.82, 2.24) is 4.98 Å². The molecule has 0 unspecified atom stereocenters. The number of thiazole rings is 1. The lowest BCUT2D eigenvalue weighted by Gasteiger charge is -2.10. The molecular weight excluding hydrogens is 390 g/mol. The van der Waals surface area contributed by atoms with Crippen molar-refractivity contribution >= 4 is 54.7 Å². The molecule has 5 nitrogen and oxygen atoms in total. The van der Waals surface area contributed by atoms with E-state index < -0.39 is 0 Å². The number of rotatable bonds is 4. The van der Waals surface area contributed by atoms with E-state index in [2.05, 4.69) is 26.0 Å². The number of hydrogen-bond acceptors (Lipinski definition) is 5. The molecule has 0 spiro atoms. The van der Waals surface area contributed by atoms with Gasteiger partial charge in [0.2, 0.25) is 11.0 Å². The SMILES string of the molecule is COc1ccc2nc(N(/N=C\c3ccc(Br)cc3)C(C)=O)sc2c1. The fraction of sp³-hybridized carbons (Fsp3) is 0.118. The lowest BCUT2D eigenvalue weighted by atomic mass is 10.2. The second kappa shape index (κ2) is 7.11. The van der Waals surface area contributed by atoms with E-state index in [1.54, 1.807) is 13.3 Å². The second-order valence-electron chi connectivity index (χ2n) is 4.96. The molecule has 3 aromatic rings. The summed E-state index contributed by atoms with van der Waals surface area (Å²) in [4.78, 5) is 16.4. The molecule has 0 atom stereocenters. The normalized spacial score (nSPS) is 11.1. The summed E-state index contributed by atoms with van der Waals surface area (Å²) in [5.41, 5.74) is 1.70. The fourth-order valence-corrected chi connectivity index (χ4v) is 3.31. The summed E-state index contributed by atoms with van der Waals surface area (Å²) in [5.74, 6) is 0.555. The predicted octanol–water partition coefficient (Wildman–Crippen LogP) is 4.45. The molecule has 0 aliphatic rings. The van der Waals surface area contributed by atoms with Gasteiger partial charge in [0.05, 0.1) is 23.5 Å². The molecule has 1 heterocycles. The van der Waals surface area contributed by atoms with Crippen LogP contribution < -0.4 is 9.75 Å². The lowest BCUT2D eigenvalue weighted by molar-refractivity contribution is -0.116. The Morgan fingerprint density at radius 1 is 1.29 bits per heavy atom. The van der Waals surface area contributed by atoms with Crippen LogP contribution in [0.15, 0.2) is 52.0 Å². The zero-order chi connectivity index (χ0) is 17.1. The van der Waals surface area contributed by atoms with Gasteiger partial charge in [-0.25, -0.2) is 4.98 Å². The molecule has 0 bridgehead atoms. The standard InChI is InChI=1S/C17H14BrN3O2S/c1-11(22)21(19-10-12-3-5-13(18)6-4-12)17-20-15-8-7-14(23-2)9-16(15)24-17/h3-10H,1-2H3/b19-10-. The Hall–Kier alpha value is -2.25. The molecule has 7 heteroatoms. The molecule has 0 radical (unpaired) electrons. The molecule has 1 aromatic heterocycles. The number of amides is 1. The van der Waals surface area contributed by atoms with E-state index in [1.165, 1.54) is 23.3 Å². The average molecular weight is 404 g/mol. The van der Waals surface area contributed by atoms with Crippen molar-refractivity contribution in [1.29, 1.82) is 0 Å². The summed E-state index contributed by atoms with van der Waals surface area (Å²) >= 11 is 4.78. The molecule has 0 saturated carbocycles. The van der Waals surface area contributed by atoms with E-state index in [9.17, 15) is 4.79 Å². The van der Waals surface area contributed by atoms with Crippen molar-refractivity contribution in [3.63, 3.8) is 0 Å². The van der Waals surface area contributed by atoms with E-state index in [-0.39, 0.29) is 5.91 Å². The van der Waals surface area contributed by atoms with Crippen LogP contribution in [0.5, 0.6) is 5.75 Å². The average Bonchev–Trinajstić information content (AvgIpc) is 2.98. The number of anilines is 1. The van der Waals surface area contributed by atoms with Crippen LogP contribution in [0.3, 0.4) is 0 Å². The maximum Gasteiger partial charge on any atom is 0.246 e. The van der Waals surface area contributed by atoms with Gasteiger partial charge in [-0.2, -0.15) is 10.1 Å². The number of hydrazone groups is 1. The summed E-state index contributed by atoms with van der Waals surface area (Å²) in [7, 11) is 1.62. The Morgan fingerprint density at radius 2 is 2.04 bits per heavy atom. The van der Waals surface area contributed by atoms with Crippen molar-refractivity contribution in [3.05, 3.63) is 52.5 Å². The largest absolute Gasteiger partial charge is 0.497 e. The quantitative estimate of drug-likeness (QED) is 0.477. The molecule has 0 fully saturated rings. The highest BCUT2D eigenvalue weighted by Crippen LogP contribution is 2.31. The number of halogens is 1. The van der Waals surface area contributed by atoms with Gasteiger partial charge >= 0.3 is 0 Å². The number of methoxy groups -OCH3 is 1. The van der Waals surface area contributed by atoms with Gasteiger partial charge in [-0.15, -0.1) is 0 Å². The van der Waals surface area contributed by atoms with E-state index in [0.717, 1.165) is 26.0 Å². The number of carbonyl (C=O) groups is 1. The first-order valence-corrected chi connectivity index (χ1v) is 8.72. The van der Waals surface area contributed by atoms with Crippen molar-refractivity contribution in [3.8, 4) is 5.75 Å². The third-order valence-corrected chi connectivity index (χ3v) is 4.78. The maximum atomic E-state index is 12.0. The Balaban J connectivity index is 1.93. The summed E-state index contributed by atoms with van der Waals surface area (Å²) in [6.45, 7) is 1.46. The monoisotopic (exact) mass is 403 g/mol. The fourth-order valence-electron chi connectivity index (χ4n) is 2.05. The Morgan fingerprint density at radius 3 is 2.71 bits per heavy atom. The van der Waals surface area contributed by atoms with E-state index >= 15 is 0 Å². The van der Waals surface area contributed by atoms with Gasteiger partial charge in [-0.1, -0.05) is 39.4 Å². The summed E-state index contributed by atoms with van der Waals surface area (Å²) in [6, 6.07) is 13.3. The second-order valence-corrected chi connectivity index (χ2v) is 6.88. The molecule has 2 aromatic carbocycles. The van der Waals surface area contributed by atoms with Crippen molar-refractivity contribution in [2.75, 3.05) is 12.1 Å². The molecule has 122 valence electrons. The number of carbonyl (C=O) groups excluding carboxylic acids is 1. The Labute approximate surface area is 151 Å². The zero-order valence-corrected chi connectivity index (χ0v) is 15.5. The van der Waals surface area contributed by atoms with Gasteiger partial charge in [-0.05, 0) is 35.9 Å². The van der Waals surface area contributed by atoms with Crippen LogP contribution >= 0.6 is 27.3 Å².